The van der Waals surface area contributed by atoms with Crippen molar-refractivity contribution in [1.29, 1.82) is 0 Å². The minimum Gasteiger partial charge on any atom is -0.308 e. The van der Waals surface area contributed by atoms with E-state index in [0.29, 0.717) is 18.2 Å². The molecule has 0 aliphatic rings. The van der Waals surface area contributed by atoms with Crippen LogP contribution in [0.2, 0.25) is 0 Å². The maximum atomic E-state index is 5.06. The predicted molar refractivity (Wildman–Crippen MR) is 256 cm³/mol. The van der Waals surface area contributed by atoms with E-state index in [-0.39, 0.29) is 0 Å². The monoisotopic (exact) mass is 768 g/mol. The number of rotatable bonds is 10. The molecule has 0 fully saturated rings. The molecule has 0 atom stereocenters. The zero-order valence-corrected chi connectivity index (χ0v) is 35.7. The van der Waals surface area contributed by atoms with Gasteiger partial charge in [0.2, 0.25) is 0 Å². The van der Waals surface area contributed by atoms with Gasteiger partial charge in [-0.3, -0.25) is 4.99 Å². The number of benzene rings is 5. The first-order valence-corrected chi connectivity index (χ1v) is 21.2. The van der Waals surface area contributed by atoms with Crippen molar-refractivity contribution >= 4 is 77.3 Å². The number of hydrogen-bond donors (Lipinski definition) is 0. The lowest BCUT2D eigenvalue weighted by molar-refractivity contribution is 1.05. The summed E-state index contributed by atoms with van der Waals surface area (Å²) in [5, 5.41) is 5.11. The summed E-state index contributed by atoms with van der Waals surface area (Å²) < 4.78 is 5.05. The van der Waals surface area contributed by atoms with E-state index in [2.05, 4.69) is 146 Å². The Balaban J connectivity index is 0.00000150. The molecule has 2 heterocycles. The Kier molecular flexibility index (Phi) is 15.4. The van der Waals surface area contributed by atoms with Crippen LogP contribution < -0.4 is 0 Å². The molecular formula is C52H56N4S. The smallest absolute Gasteiger partial charge is 0.161 e. The van der Waals surface area contributed by atoms with Gasteiger partial charge in [-0.05, 0) is 80.4 Å². The molecule has 5 heteroatoms. The fourth-order valence-corrected chi connectivity index (χ4v) is 8.19. The van der Waals surface area contributed by atoms with E-state index in [1.807, 2.05) is 82.4 Å². The van der Waals surface area contributed by atoms with Crippen molar-refractivity contribution in [1.82, 2.24) is 4.57 Å². The maximum Gasteiger partial charge on any atom is 0.161 e. The summed E-state index contributed by atoms with van der Waals surface area (Å²) >= 11 is 1.87. The number of thiophene rings is 1. The van der Waals surface area contributed by atoms with Crippen LogP contribution in [0.5, 0.6) is 0 Å². The highest BCUT2D eigenvalue weighted by Crippen LogP contribution is 2.43. The first kappa shape index (κ1) is 42.2. The number of fused-ring (bicyclic) bond motifs is 7. The molecule has 0 spiro atoms. The highest BCUT2D eigenvalue weighted by atomic mass is 32.1. The van der Waals surface area contributed by atoms with Crippen LogP contribution in [0.15, 0.2) is 166 Å². The van der Waals surface area contributed by atoms with Crippen molar-refractivity contribution in [2.24, 2.45) is 15.0 Å². The molecule has 0 aliphatic carbocycles. The van der Waals surface area contributed by atoms with Gasteiger partial charge in [0.25, 0.3) is 0 Å². The molecule has 0 saturated heterocycles. The molecule has 57 heavy (non-hydrogen) atoms. The molecule has 7 aromatic rings. The van der Waals surface area contributed by atoms with Gasteiger partial charge in [0.15, 0.2) is 11.7 Å². The first-order valence-electron chi connectivity index (χ1n) is 20.4. The summed E-state index contributed by atoms with van der Waals surface area (Å²) in [6.07, 6.45) is 14.8. The zero-order valence-electron chi connectivity index (χ0n) is 34.9. The molecular weight excluding hydrogens is 713 g/mol. The Morgan fingerprint density at radius 3 is 2.12 bits per heavy atom. The van der Waals surface area contributed by atoms with E-state index in [4.69, 9.17) is 9.98 Å². The molecule has 7 rings (SSSR count). The summed E-state index contributed by atoms with van der Waals surface area (Å²) in [6, 6.07) is 39.0. The van der Waals surface area contributed by atoms with Crippen molar-refractivity contribution in [3.8, 4) is 5.69 Å². The lowest BCUT2D eigenvalue weighted by Gasteiger charge is -2.10. The third kappa shape index (κ3) is 9.22. The van der Waals surface area contributed by atoms with E-state index >= 15 is 0 Å². The summed E-state index contributed by atoms with van der Waals surface area (Å²) in [5.74, 6) is 1.19. The molecule has 0 N–H and O–H groups in total. The molecule has 0 bridgehead atoms. The van der Waals surface area contributed by atoms with Crippen molar-refractivity contribution in [3.63, 3.8) is 0 Å². The van der Waals surface area contributed by atoms with Crippen molar-refractivity contribution in [3.05, 3.63) is 168 Å². The Bertz CT molecular complexity index is 2620. The Morgan fingerprint density at radius 2 is 1.44 bits per heavy atom. The molecule has 0 radical (unpaired) electrons. The van der Waals surface area contributed by atoms with Crippen LogP contribution in [0.4, 0.5) is 0 Å². The van der Waals surface area contributed by atoms with E-state index in [1.165, 1.54) is 53.1 Å². The molecule has 0 unspecified atom stereocenters. The molecule has 0 amide bonds. The third-order valence-corrected chi connectivity index (χ3v) is 10.7. The number of aliphatic imine (C=N–C) groups is 3. The van der Waals surface area contributed by atoms with Crippen LogP contribution in [0.1, 0.15) is 84.9 Å². The summed E-state index contributed by atoms with van der Waals surface area (Å²) in [7, 11) is 0. The summed E-state index contributed by atoms with van der Waals surface area (Å²) in [4.78, 5) is 14.3. The van der Waals surface area contributed by atoms with Crippen LogP contribution in [-0.4, -0.2) is 23.0 Å². The van der Waals surface area contributed by atoms with Gasteiger partial charge < -0.3 is 4.57 Å². The minimum atomic E-state index is 0.478. The zero-order chi connectivity index (χ0) is 40.7. The second-order valence-electron chi connectivity index (χ2n) is 12.9. The highest BCUT2D eigenvalue weighted by Gasteiger charge is 2.18. The van der Waals surface area contributed by atoms with Gasteiger partial charge in [0, 0.05) is 43.1 Å². The average Bonchev–Trinajstić information content (AvgIpc) is 3.82. The maximum absolute atomic E-state index is 5.06. The van der Waals surface area contributed by atoms with Gasteiger partial charge in [0.05, 0.1) is 22.3 Å². The lowest BCUT2D eigenvalue weighted by atomic mass is 10.0. The van der Waals surface area contributed by atoms with Crippen LogP contribution in [-0.2, 0) is 6.54 Å². The van der Waals surface area contributed by atoms with Crippen molar-refractivity contribution in [2.45, 2.75) is 74.8 Å². The van der Waals surface area contributed by atoms with E-state index in [0.717, 1.165) is 35.2 Å². The number of hydrogen-bond acceptors (Lipinski definition) is 2. The van der Waals surface area contributed by atoms with Crippen LogP contribution in [0.25, 0.3) is 53.2 Å². The largest absolute Gasteiger partial charge is 0.308 e. The van der Waals surface area contributed by atoms with Crippen LogP contribution in [0, 0.1) is 0 Å². The molecule has 4 nitrogen and oxygen atoms in total. The summed E-state index contributed by atoms with van der Waals surface area (Å²) in [5.41, 5.74) is 8.98. The van der Waals surface area contributed by atoms with Gasteiger partial charge in [-0.25, -0.2) is 9.98 Å². The molecule has 2 aromatic heterocycles. The first-order chi connectivity index (χ1) is 28.1. The van der Waals surface area contributed by atoms with E-state index < -0.39 is 0 Å². The minimum absolute atomic E-state index is 0.478. The Labute approximate surface area is 343 Å². The topological polar surface area (TPSA) is 42.0 Å². The number of nitrogens with zero attached hydrogens (tertiary/aromatic N) is 4. The fourth-order valence-electron chi connectivity index (χ4n) is 6.95. The Morgan fingerprint density at radius 1 is 0.719 bits per heavy atom. The normalized spacial score (nSPS) is 12.8. The van der Waals surface area contributed by atoms with Crippen molar-refractivity contribution < 1.29 is 0 Å². The predicted octanol–water partition coefficient (Wildman–Crippen LogP) is 15.5. The lowest BCUT2D eigenvalue weighted by Crippen LogP contribution is -2.06. The van der Waals surface area contributed by atoms with Crippen LogP contribution >= 0.6 is 11.3 Å². The van der Waals surface area contributed by atoms with Gasteiger partial charge >= 0.3 is 0 Å². The standard InChI is InChI=1S/C48H44N4S.2C2H6/c1-6-10-18-34(9-4)37-25-30-43-42(31-37)40-28-29-41-39-21-14-15-22-44(39)53-46(41)45(40)52(43)38-26-23-33(24-27-38)32-50-48(35(16-7-2)17-8-3)51-47(49-5)36-19-12-11-13-20-36;2*1-2/h7,9-31H,5-6,8,32H2,1-4H3;2*1-2H3/b16-7-,18-10-,34-9+,35-17+,50-48?,51-47?;;. The number of allylic oxidation sites excluding steroid dienone is 6. The quantitative estimate of drug-likeness (QED) is 0.0755. The van der Waals surface area contributed by atoms with Crippen molar-refractivity contribution in [2.75, 3.05) is 0 Å². The SMILES string of the molecule is C=NC(=NC(=NCc1ccc(-n2c3ccc(C(/C=C\CC)=C/C)cc3c3ccc4c5ccccc5sc4c32)cc1)C(/C=C\C)=C/CC)c1ccccc1.CC.CC. The number of aromatic nitrogens is 1. The molecule has 0 aliphatic heterocycles. The third-order valence-electron chi connectivity index (χ3n) is 9.48. The van der Waals surface area contributed by atoms with Gasteiger partial charge in [0.1, 0.15) is 0 Å². The number of amidine groups is 2. The second-order valence-corrected chi connectivity index (χ2v) is 13.9. The van der Waals surface area contributed by atoms with Gasteiger partial charge in [-0.2, -0.15) is 0 Å². The molecule has 290 valence electrons. The summed E-state index contributed by atoms with van der Waals surface area (Å²) in [6.45, 7) is 20.7. The average molecular weight is 769 g/mol. The fraction of sp³-hybridized carbons (Fsp3) is 0.212. The van der Waals surface area contributed by atoms with E-state index in [1.54, 1.807) is 0 Å². The molecule has 0 saturated carbocycles. The van der Waals surface area contributed by atoms with Crippen LogP contribution in [0.3, 0.4) is 0 Å². The highest BCUT2D eigenvalue weighted by molar-refractivity contribution is 7.26. The van der Waals surface area contributed by atoms with Gasteiger partial charge in [-0.15, -0.1) is 11.3 Å². The molecule has 5 aromatic carbocycles. The van der Waals surface area contributed by atoms with E-state index in [9.17, 15) is 0 Å². The Hall–Kier alpha value is -5.91. The second kappa shape index (κ2) is 20.8. The van der Waals surface area contributed by atoms with Gasteiger partial charge in [-0.1, -0.05) is 157 Å².